The molecule has 0 saturated heterocycles. The van der Waals surface area contributed by atoms with Gasteiger partial charge in [0.1, 0.15) is 17.3 Å². The molecule has 1 amide bonds. The van der Waals surface area contributed by atoms with Crippen LogP contribution in [0.4, 0.5) is 4.39 Å². The number of hydrogen-bond acceptors (Lipinski definition) is 3. The van der Waals surface area contributed by atoms with Gasteiger partial charge in [-0.05, 0) is 35.9 Å². The van der Waals surface area contributed by atoms with E-state index in [-0.39, 0.29) is 11.7 Å². The monoisotopic (exact) mass is 315 g/mol. The Morgan fingerprint density at radius 1 is 1.09 bits per heavy atom. The Balaban J connectivity index is 2.02. The fourth-order valence-corrected chi connectivity index (χ4v) is 2.05. The third-order valence-electron chi connectivity index (χ3n) is 3.25. The molecule has 0 unspecified atom stereocenters. The van der Waals surface area contributed by atoms with Crippen molar-refractivity contribution in [1.82, 2.24) is 5.32 Å². The van der Waals surface area contributed by atoms with E-state index in [1.807, 2.05) is 6.07 Å². The van der Waals surface area contributed by atoms with Gasteiger partial charge in [0.2, 0.25) is 5.91 Å². The molecule has 1 N–H and O–H groups in total. The second kappa shape index (κ2) is 7.98. The van der Waals surface area contributed by atoms with Gasteiger partial charge in [0, 0.05) is 12.6 Å². The number of hydrogen-bond donors (Lipinski definition) is 1. The molecule has 0 aliphatic carbocycles. The number of benzene rings is 2. The van der Waals surface area contributed by atoms with E-state index in [2.05, 4.69) is 5.32 Å². The van der Waals surface area contributed by atoms with Gasteiger partial charge in [0.15, 0.2) is 0 Å². The number of carbonyl (C=O) groups excluding carboxylic acids is 1. The van der Waals surface area contributed by atoms with Gasteiger partial charge in [0.25, 0.3) is 0 Å². The van der Waals surface area contributed by atoms with Gasteiger partial charge >= 0.3 is 0 Å². The molecule has 2 rings (SSSR count). The summed E-state index contributed by atoms with van der Waals surface area (Å²) in [6.07, 6.45) is 3.04. The topological polar surface area (TPSA) is 47.6 Å². The van der Waals surface area contributed by atoms with Crippen LogP contribution in [0.3, 0.4) is 0 Å². The first-order valence-corrected chi connectivity index (χ1v) is 7.05. The molecule has 2 aromatic rings. The molecular formula is C18H18FNO3. The molecule has 0 saturated carbocycles. The lowest BCUT2D eigenvalue weighted by molar-refractivity contribution is -0.116. The van der Waals surface area contributed by atoms with E-state index in [0.717, 1.165) is 5.56 Å². The lowest BCUT2D eigenvalue weighted by Gasteiger charge is -2.09. The molecule has 23 heavy (non-hydrogen) atoms. The van der Waals surface area contributed by atoms with E-state index in [9.17, 15) is 9.18 Å². The molecule has 4 nitrogen and oxygen atoms in total. The lowest BCUT2D eigenvalue weighted by atomic mass is 10.1. The molecule has 0 aliphatic rings. The summed E-state index contributed by atoms with van der Waals surface area (Å²) in [5, 5.41) is 2.73. The number of methoxy groups -OCH3 is 2. The van der Waals surface area contributed by atoms with E-state index in [1.54, 1.807) is 44.6 Å². The summed E-state index contributed by atoms with van der Waals surface area (Å²) >= 11 is 0. The molecule has 0 atom stereocenters. The highest BCUT2D eigenvalue weighted by Gasteiger charge is 2.07. The molecule has 0 fully saturated rings. The van der Waals surface area contributed by atoms with Crippen LogP contribution >= 0.6 is 0 Å². The van der Waals surface area contributed by atoms with Gasteiger partial charge in [0.05, 0.1) is 19.8 Å². The third-order valence-corrected chi connectivity index (χ3v) is 3.25. The van der Waals surface area contributed by atoms with Crippen LogP contribution in [0, 0.1) is 5.82 Å². The molecule has 2 aromatic carbocycles. The summed E-state index contributed by atoms with van der Waals surface area (Å²) < 4.78 is 23.3. The van der Waals surface area contributed by atoms with Crippen LogP contribution in [0.1, 0.15) is 11.1 Å². The van der Waals surface area contributed by atoms with Gasteiger partial charge in [-0.3, -0.25) is 4.79 Å². The van der Waals surface area contributed by atoms with E-state index in [4.69, 9.17) is 9.47 Å². The second-order valence-electron chi connectivity index (χ2n) is 4.75. The SMILES string of the molecule is COc1cccc(OC)c1/C=C/C(=O)NCc1ccc(F)cc1. The summed E-state index contributed by atoms with van der Waals surface area (Å²) in [5.41, 5.74) is 1.51. The lowest BCUT2D eigenvalue weighted by Crippen LogP contribution is -2.20. The molecule has 0 spiro atoms. The van der Waals surface area contributed by atoms with Crippen molar-refractivity contribution in [2.24, 2.45) is 0 Å². The standard InChI is InChI=1S/C18H18FNO3/c1-22-16-4-3-5-17(23-2)15(16)10-11-18(21)20-12-13-6-8-14(19)9-7-13/h3-11H,12H2,1-2H3,(H,20,21)/b11-10+. The quantitative estimate of drug-likeness (QED) is 0.833. The zero-order valence-corrected chi connectivity index (χ0v) is 13.0. The molecule has 0 aliphatic heterocycles. The highest BCUT2D eigenvalue weighted by molar-refractivity contribution is 5.92. The van der Waals surface area contributed by atoms with Crippen molar-refractivity contribution in [2.75, 3.05) is 14.2 Å². The maximum absolute atomic E-state index is 12.8. The van der Waals surface area contributed by atoms with Crippen LogP contribution < -0.4 is 14.8 Å². The van der Waals surface area contributed by atoms with Crippen molar-refractivity contribution in [1.29, 1.82) is 0 Å². The van der Waals surface area contributed by atoms with Crippen LogP contribution in [0.5, 0.6) is 11.5 Å². The van der Waals surface area contributed by atoms with Gasteiger partial charge in [-0.2, -0.15) is 0 Å². The largest absolute Gasteiger partial charge is 0.496 e. The average Bonchev–Trinajstić information content (AvgIpc) is 2.59. The molecule has 0 radical (unpaired) electrons. The van der Waals surface area contributed by atoms with Crippen LogP contribution in [-0.2, 0) is 11.3 Å². The fraction of sp³-hybridized carbons (Fsp3) is 0.167. The summed E-state index contributed by atoms with van der Waals surface area (Å²) in [6.45, 7) is 0.326. The minimum atomic E-state index is -0.303. The maximum atomic E-state index is 12.8. The van der Waals surface area contributed by atoms with Crippen LogP contribution in [0.15, 0.2) is 48.5 Å². The molecule has 0 bridgehead atoms. The summed E-state index contributed by atoms with van der Waals surface area (Å²) in [4.78, 5) is 11.9. The number of carbonyl (C=O) groups is 1. The first kappa shape index (κ1) is 16.5. The predicted molar refractivity (Wildman–Crippen MR) is 86.8 cm³/mol. The van der Waals surface area contributed by atoms with E-state index in [0.29, 0.717) is 23.6 Å². The van der Waals surface area contributed by atoms with Crippen molar-refractivity contribution in [3.8, 4) is 11.5 Å². The van der Waals surface area contributed by atoms with Gasteiger partial charge in [-0.15, -0.1) is 0 Å². The Hall–Kier alpha value is -2.82. The van der Waals surface area contributed by atoms with Crippen molar-refractivity contribution in [2.45, 2.75) is 6.54 Å². The van der Waals surface area contributed by atoms with Crippen molar-refractivity contribution < 1.29 is 18.7 Å². The highest BCUT2D eigenvalue weighted by atomic mass is 19.1. The smallest absolute Gasteiger partial charge is 0.244 e. The minimum absolute atomic E-state index is 0.262. The van der Waals surface area contributed by atoms with Crippen molar-refractivity contribution >= 4 is 12.0 Å². The normalized spacial score (nSPS) is 10.6. The number of ether oxygens (including phenoxy) is 2. The number of rotatable bonds is 6. The van der Waals surface area contributed by atoms with Crippen LogP contribution in [-0.4, -0.2) is 20.1 Å². The molecule has 0 heterocycles. The van der Waals surface area contributed by atoms with Gasteiger partial charge in [-0.1, -0.05) is 18.2 Å². The number of amides is 1. The first-order valence-electron chi connectivity index (χ1n) is 7.05. The predicted octanol–water partition coefficient (Wildman–Crippen LogP) is 3.17. The Labute approximate surface area is 134 Å². The molecule has 5 heteroatoms. The fourth-order valence-electron chi connectivity index (χ4n) is 2.05. The van der Waals surface area contributed by atoms with E-state index < -0.39 is 0 Å². The van der Waals surface area contributed by atoms with Crippen molar-refractivity contribution in [3.05, 3.63) is 65.5 Å². The third kappa shape index (κ3) is 4.57. The minimum Gasteiger partial charge on any atom is -0.496 e. The first-order chi connectivity index (χ1) is 11.1. The summed E-state index contributed by atoms with van der Waals surface area (Å²) in [7, 11) is 3.11. The molecular weight excluding hydrogens is 297 g/mol. The summed E-state index contributed by atoms with van der Waals surface area (Å²) in [6, 6.07) is 11.4. The van der Waals surface area contributed by atoms with E-state index in [1.165, 1.54) is 18.2 Å². The number of nitrogens with one attached hydrogen (secondary N) is 1. The number of halogens is 1. The highest BCUT2D eigenvalue weighted by Crippen LogP contribution is 2.29. The molecule has 120 valence electrons. The average molecular weight is 315 g/mol. The Morgan fingerprint density at radius 3 is 2.26 bits per heavy atom. The van der Waals surface area contributed by atoms with Gasteiger partial charge < -0.3 is 14.8 Å². The van der Waals surface area contributed by atoms with E-state index >= 15 is 0 Å². The zero-order valence-electron chi connectivity index (χ0n) is 13.0. The van der Waals surface area contributed by atoms with Crippen LogP contribution in [0.2, 0.25) is 0 Å². The second-order valence-corrected chi connectivity index (χ2v) is 4.75. The summed E-state index contributed by atoms with van der Waals surface area (Å²) in [5.74, 6) is 0.671. The van der Waals surface area contributed by atoms with Crippen LogP contribution in [0.25, 0.3) is 6.08 Å². The molecule has 0 aromatic heterocycles. The Bertz CT molecular complexity index is 674. The van der Waals surface area contributed by atoms with Gasteiger partial charge in [-0.25, -0.2) is 4.39 Å². The van der Waals surface area contributed by atoms with Crippen molar-refractivity contribution in [3.63, 3.8) is 0 Å². The maximum Gasteiger partial charge on any atom is 0.244 e. The Morgan fingerprint density at radius 2 is 1.70 bits per heavy atom. The Kier molecular flexibility index (Phi) is 5.74. The zero-order chi connectivity index (χ0) is 16.7.